The Balaban J connectivity index is 1.57. The number of hydrogen-bond acceptors (Lipinski definition) is 5. The van der Waals surface area contributed by atoms with Gasteiger partial charge in [0.25, 0.3) is 11.8 Å². The van der Waals surface area contributed by atoms with Gasteiger partial charge >= 0.3 is 0 Å². The average Bonchev–Trinajstić information content (AvgIpc) is 3.27. The molecule has 4 rings (SSSR count). The largest absolute Gasteiger partial charge is 0.492 e. The highest BCUT2D eigenvalue weighted by Gasteiger charge is 2.47. The molecule has 0 bridgehead atoms. The number of carbonyl (C=O) groups excluding carboxylic acids is 1. The molecule has 1 saturated heterocycles. The molecule has 6 heteroatoms. The first-order valence-electron chi connectivity index (χ1n) is 7.24. The molecular formula is C16H16N2O4. The van der Waals surface area contributed by atoms with Crippen LogP contribution < -0.4 is 9.47 Å². The molecule has 2 aromatic rings. The molecule has 1 unspecified atom stereocenters. The summed E-state index contributed by atoms with van der Waals surface area (Å²) in [6.07, 6.45) is 0.890. The Labute approximate surface area is 127 Å². The van der Waals surface area contributed by atoms with Crippen LogP contribution in [0, 0.1) is 0 Å². The molecule has 2 aliphatic rings. The van der Waals surface area contributed by atoms with Crippen molar-refractivity contribution >= 4 is 5.91 Å². The van der Waals surface area contributed by atoms with Crippen molar-refractivity contribution in [1.82, 2.24) is 10.1 Å². The van der Waals surface area contributed by atoms with Gasteiger partial charge in [0.2, 0.25) is 5.76 Å². The number of nitrogens with zero attached hydrogens (tertiary/aromatic N) is 2. The molecule has 1 aromatic carbocycles. The number of aromatic nitrogens is 1. The fourth-order valence-electron chi connectivity index (χ4n) is 3.32. The zero-order chi connectivity index (χ0) is 15.2. The lowest BCUT2D eigenvalue weighted by atomic mass is 9.82. The highest BCUT2D eigenvalue weighted by Crippen LogP contribution is 2.44. The van der Waals surface area contributed by atoms with Crippen molar-refractivity contribution in [3.8, 4) is 11.6 Å². The lowest BCUT2D eigenvalue weighted by molar-refractivity contribution is 0.0739. The van der Waals surface area contributed by atoms with Crippen LogP contribution in [0.2, 0.25) is 0 Å². The summed E-state index contributed by atoms with van der Waals surface area (Å²) in [5.41, 5.74) is 1.09. The monoisotopic (exact) mass is 300 g/mol. The second-order valence-corrected chi connectivity index (χ2v) is 5.78. The molecule has 6 nitrogen and oxygen atoms in total. The van der Waals surface area contributed by atoms with E-state index in [-0.39, 0.29) is 17.1 Å². The predicted molar refractivity (Wildman–Crippen MR) is 77.2 cm³/mol. The Kier molecular flexibility index (Phi) is 2.85. The summed E-state index contributed by atoms with van der Waals surface area (Å²) in [5.74, 6) is 1.29. The maximum atomic E-state index is 12.5. The minimum absolute atomic E-state index is 0.101. The molecular weight excluding hydrogens is 284 g/mol. The van der Waals surface area contributed by atoms with Gasteiger partial charge in [-0.2, -0.15) is 0 Å². The summed E-state index contributed by atoms with van der Waals surface area (Å²) in [5, 5.41) is 3.68. The molecule has 0 saturated carbocycles. The van der Waals surface area contributed by atoms with E-state index in [2.05, 4.69) is 11.2 Å². The Bertz CT molecular complexity index is 726. The van der Waals surface area contributed by atoms with E-state index in [0.717, 1.165) is 12.2 Å². The molecule has 0 N–H and O–H groups in total. The summed E-state index contributed by atoms with van der Waals surface area (Å²) in [4.78, 5) is 14.3. The van der Waals surface area contributed by atoms with E-state index < -0.39 is 0 Å². The van der Waals surface area contributed by atoms with Gasteiger partial charge in [0.15, 0.2) is 0 Å². The van der Waals surface area contributed by atoms with Gasteiger partial charge in [-0.3, -0.25) is 4.79 Å². The third-order valence-corrected chi connectivity index (χ3v) is 4.51. The molecule has 114 valence electrons. The van der Waals surface area contributed by atoms with Crippen molar-refractivity contribution in [2.24, 2.45) is 0 Å². The molecule has 2 aliphatic heterocycles. The molecule has 22 heavy (non-hydrogen) atoms. The van der Waals surface area contributed by atoms with Crippen molar-refractivity contribution in [3.63, 3.8) is 0 Å². The smallest absolute Gasteiger partial charge is 0.292 e. The standard InChI is InChI=1S/C16H16N2O4/c1-20-14-8-13(22-17-14)15(19)18-7-6-16(9-18)10-21-12-5-3-2-4-11(12)16/h2-5,8H,6-7,9-10H2,1H3. The first kappa shape index (κ1) is 13.2. The maximum Gasteiger partial charge on any atom is 0.292 e. The van der Waals surface area contributed by atoms with E-state index >= 15 is 0 Å². The van der Waals surface area contributed by atoms with E-state index in [1.165, 1.54) is 18.7 Å². The van der Waals surface area contributed by atoms with Crippen LogP contribution in [0.25, 0.3) is 0 Å². The van der Waals surface area contributed by atoms with Crippen LogP contribution in [0.15, 0.2) is 34.9 Å². The summed E-state index contributed by atoms with van der Waals surface area (Å²) < 4.78 is 15.8. The molecule has 1 amide bonds. The Morgan fingerprint density at radius 1 is 1.41 bits per heavy atom. The third kappa shape index (κ3) is 1.87. The fourth-order valence-corrected chi connectivity index (χ4v) is 3.32. The summed E-state index contributed by atoms with van der Waals surface area (Å²) in [6.45, 7) is 1.93. The van der Waals surface area contributed by atoms with Gasteiger partial charge in [0.1, 0.15) is 5.75 Å². The van der Waals surface area contributed by atoms with Crippen molar-refractivity contribution in [2.75, 3.05) is 26.8 Å². The molecule has 3 heterocycles. The minimum Gasteiger partial charge on any atom is -0.492 e. The van der Waals surface area contributed by atoms with E-state index in [0.29, 0.717) is 25.6 Å². The fraction of sp³-hybridized carbons (Fsp3) is 0.375. The summed E-state index contributed by atoms with van der Waals surface area (Å²) in [6, 6.07) is 9.58. The summed E-state index contributed by atoms with van der Waals surface area (Å²) >= 11 is 0. The number of fused-ring (bicyclic) bond motifs is 2. The van der Waals surface area contributed by atoms with Crippen LogP contribution in [0.5, 0.6) is 11.6 Å². The van der Waals surface area contributed by atoms with Crippen molar-refractivity contribution in [1.29, 1.82) is 0 Å². The van der Waals surface area contributed by atoms with Crippen LogP contribution in [0.3, 0.4) is 0 Å². The molecule has 1 spiro atoms. The number of likely N-dealkylation sites (tertiary alicyclic amines) is 1. The molecule has 1 atom stereocenters. The van der Waals surface area contributed by atoms with Crippen LogP contribution in [0.4, 0.5) is 0 Å². The number of carbonyl (C=O) groups is 1. The number of hydrogen-bond donors (Lipinski definition) is 0. The average molecular weight is 300 g/mol. The molecule has 1 aromatic heterocycles. The van der Waals surface area contributed by atoms with E-state index in [4.69, 9.17) is 14.0 Å². The molecule has 0 aliphatic carbocycles. The van der Waals surface area contributed by atoms with Gasteiger partial charge in [-0.1, -0.05) is 18.2 Å². The number of methoxy groups -OCH3 is 1. The second-order valence-electron chi connectivity index (χ2n) is 5.78. The van der Waals surface area contributed by atoms with Crippen LogP contribution >= 0.6 is 0 Å². The van der Waals surface area contributed by atoms with Gasteiger partial charge in [-0.25, -0.2) is 0 Å². The normalized spacial score (nSPS) is 22.7. The predicted octanol–water partition coefficient (Wildman–Crippen LogP) is 1.86. The van der Waals surface area contributed by atoms with Gasteiger partial charge < -0.3 is 18.9 Å². The molecule has 0 radical (unpaired) electrons. The number of amides is 1. The van der Waals surface area contributed by atoms with Gasteiger partial charge in [0, 0.05) is 18.7 Å². The van der Waals surface area contributed by atoms with Crippen molar-refractivity contribution in [3.05, 3.63) is 41.7 Å². The van der Waals surface area contributed by atoms with E-state index in [9.17, 15) is 4.79 Å². The Morgan fingerprint density at radius 2 is 2.27 bits per heavy atom. The Hall–Kier alpha value is -2.50. The van der Waals surface area contributed by atoms with Crippen LogP contribution in [-0.4, -0.2) is 42.8 Å². The minimum atomic E-state index is -0.156. The first-order chi connectivity index (χ1) is 10.7. The van der Waals surface area contributed by atoms with Crippen LogP contribution in [-0.2, 0) is 5.41 Å². The van der Waals surface area contributed by atoms with E-state index in [1.54, 1.807) is 4.90 Å². The first-order valence-corrected chi connectivity index (χ1v) is 7.24. The quantitative estimate of drug-likeness (QED) is 0.847. The zero-order valence-corrected chi connectivity index (χ0v) is 12.2. The van der Waals surface area contributed by atoms with Crippen molar-refractivity contribution in [2.45, 2.75) is 11.8 Å². The number of benzene rings is 1. The van der Waals surface area contributed by atoms with E-state index in [1.807, 2.05) is 18.2 Å². The SMILES string of the molecule is COc1cc(C(=O)N2CCC3(COc4ccccc43)C2)on1. The zero-order valence-electron chi connectivity index (χ0n) is 12.2. The topological polar surface area (TPSA) is 64.8 Å². The number of para-hydroxylation sites is 1. The number of ether oxygens (including phenoxy) is 2. The molecule has 1 fully saturated rings. The van der Waals surface area contributed by atoms with Gasteiger partial charge in [-0.15, -0.1) is 0 Å². The lowest BCUT2D eigenvalue weighted by Crippen LogP contribution is -2.35. The van der Waals surface area contributed by atoms with Gasteiger partial charge in [-0.05, 0) is 17.6 Å². The second kappa shape index (κ2) is 4.76. The maximum absolute atomic E-state index is 12.5. The summed E-state index contributed by atoms with van der Waals surface area (Å²) in [7, 11) is 1.49. The van der Waals surface area contributed by atoms with Gasteiger partial charge in [0.05, 0.1) is 25.2 Å². The highest BCUT2D eigenvalue weighted by atomic mass is 16.5. The Morgan fingerprint density at radius 3 is 3.09 bits per heavy atom. The van der Waals surface area contributed by atoms with Crippen molar-refractivity contribution < 1.29 is 18.8 Å². The highest BCUT2D eigenvalue weighted by molar-refractivity contribution is 5.92. The lowest BCUT2D eigenvalue weighted by Gasteiger charge is -2.22. The third-order valence-electron chi connectivity index (χ3n) is 4.51. The number of rotatable bonds is 2. The van der Waals surface area contributed by atoms with Crippen LogP contribution in [0.1, 0.15) is 22.5 Å².